The maximum atomic E-state index is 13.2. The second-order valence-corrected chi connectivity index (χ2v) is 6.33. The summed E-state index contributed by atoms with van der Waals surface area (Å²) in [5.74, 6) is -2.32. The number of hydrogen-bond donors (Lipinski definition) is 1. The van der Waals surface area contributed by atoms with Crippen molar-refractivity contribution in [2.24, 2.45) is 11.1 Å². The van der Waals surface area contributed by atoms with Crippen LogP contribution >= 0.6 is 12.4 Å². The summed E-state index contributed by atoms with van der Waals surface area (Å²) < 4.78 is 39.7. The highest BCUT2D eigenvalue weighted by molar-refractivity contribution is 5.85. The van der Waals surface area contributed by atoms with Crippen molar-refractivity contribution in [1.82, 2.24) is 4.90 Å². The Morgan fingerprint density at radius 2 is 1.74 bits per heavy atom. The van der Waals surface area contributed by atoms with E-state index in [-0.39, 0.29) is 23.4 Å². The molecule has 1 amide bonds. The van der Waals surface area contributed by atoms with Crippen molar-refractivity contribution in [1.29, 1.82) is 0 Å². The Balaban J connectivity index is 0.00000484. The first-order valence-electron chi connectivity index (χ1n) is 7.12. The smallest absolute Gasteiger partial charge is 0.345 e. The summed E-state index contributed by atoms with van der Waals surface area (Å²) in [5.41, 5.74) is 5.38. The van der Waals surface area contributed by atoms with E-state index in [0.717, 1.165) is 0 Å². The molecule has 23 heavy (non-hydrogen) atoms. The van der Waals surface area contributed by atoms with E-state index in [1.165, 1.54) is 24.1 Å². The summed E-state index contributed by atoms with van der Waals surface area (Å²) in [6.07, 6.45) is -5.05. The van der Waals surface area contributed by atoms with Crippen LogP contribution in [0.25, 0.3) is 0 Å². The van der Waals surface area contributed by atoms with Crippen LogP contribution in [0.2, 0.25) is 0 Å². The number of carbonyl (C=O) groups excluding carboxylic acids is 1. The number of carbonyl (C=O) groups is 1. The summed E-state index contributed by atoms with van der Waals surface area (Å²) in [5, 5.41) is 0. The fourth-order valence-corrected chi connectivity index (χ4v) is 2.23. The van der Waals surface area contributed by atoms with Gasteiger partial charge in [-0.05, 0) is 17.5 Å². The molecule has 1 atom stereocenters. The van der Waals surface area contributed by atoms with Crippen LogP contribution in [-0.2, 0) is 4.79 Å². The average molecular weight is 353 g/mol. The zero-order valence-electron chi connectivity index (χ0n) is 13.6. The van der Waals surface area contributed by atoms with E-state index in [9.17, 15) is 18.0 Å². The quantitative estimate of drug-likeness (QED) is 0.850. The molecule has 132 valence electrons. The summed E-state index contributed by atoms with van der Waals surface area (Å²) in [6, 6.07) is 7.53. The number of benzene rings is 1. The first-order valence-corrected chi connectivity index (χ1v) is 7.12. The lowest BCUT2D eigenvalue weighted by Gasteiger charge is -2.30. The lowest BCUT2D eigenvalue weighted by Crippen LogP contribution is -2.41. The van der Waals surface area contributed by atoms with E-state index in [1.54, 1.807) is 18.2 Å². The molecule has 7 heteroatoms. The molecule has 0 radical (unpaired) electrons. The van der Waals surface area contributed by atoms with Gasteiger partial charge in [0.15, 0.2) is 0 Å². The number of hydrogen-bond acceptors (Lipinski definition) is 2. The Hall–Kier alpha value is -1.27. The molecular weight excluding hydrogens is 329 g/mol. The Bertz CT molecular complexity index is 492. The third kappa shape index (κ3) is 6.79. The minimum Gasteiger partial charge on any atom is -0.345 e. The zero-order chi connectivity index (χ0) is 17.0. The molecule has 0 spiro atoms. The molecule has 0 aliphatic carbocycles. The van der Waals surface area contributed by atoms with Crippen molar-refractivity contribution in [2.45, 2.75) is 32.4 Å². The summed E-state index contributed by atoms with van der Waals surface area (Å²) in [6.45, 7) is 4.41. The van der Waals surface area contributed by atoms with Crippen LogP contribution in [0.5, 0.6) is 0 Å². The normalized spacial score (nSPS) is 13.2. The lowest BCUT2D eigenvalue weighted by atomic mass is 9.91. The molecule has 3 nitrogen and oxygen atoms in total. The molecule has 1 aromatic rings. The average Bonchev–Trinajstić information content (AvgIpc) is 2.43. The van der Waals surface area contributed by atoms with Crippen molar-refractivity contribution in [2.75, 3.05) is 20.1 Å². The van der Waals surface area contributed by atoms with Crippen LogP contribution in [-0.4, -0.2) is 37.1 Å². The predicted molar refractivity (Wildman–Crippen MR) is 87.6 cm³/mol. The van der Waals surface area contributed by atoms with Crippen LogP contribution in [0.4, 0.5) is 13.2 Å². The van der Waals surface area contributed by atoms with E-state index in [1.807, 2.05) is 13.8 Å². The number of amides is 1. The predicted octanol–water partition coefficient (Wildman–Crippen LogP) is 3.59. The molecule has 0 aliphatic rings. The van der Waals surface area contributed by atoms with Crippen molar-refractivity contribution in [3.05, 3.63) is 35.9 Å². The van der Waals surface area contributed by atoms with Gasteiger partial charge in [-0.15, -0.1) is 12.4 Å². The number of rotatable bonds is 6. The van der Waals surface area contributed by atoms with E-state index in [0.29, 0.717) is 13.1 Å². The molecule has 1 aromatic carbocycles. The molecule has 2 N–H and O–H groups in total. The molecule has 0 heterocycles. The van der Waals surface area contributed by atoms with Crippen molar-refractivity contribution >= 4 is 18.3 Å². The Kier molecular flexibility index (Phi) is 8.07. The molecular formula is C16H24ClF3N2O. The molecule has 0 saturated carbocycles. The van der Waals surface area contributed by atoms with E-state index >= 15 is 0 Å². The third-order valence-electron chi connectivity index (χ3n) is 3.62. The molecule has 0 bridgehead atoms. The van der Waals surface area contributed by atoms with E-state index in [2.05, 4.69) is 0 Å². The molecule has 1 unspecified atom stereocenters. The van der Waals surface area contributed by atoms with Crippen LogP contribution in [0.3, 0.4) is 0 Å². The van der Waals surface area contributed by atoms with Gasteiger partial charge in [-0.2, -0.15) is 13.2 Å². The minimum atomic E-state index is -4.46. The largest absolute Gasteiger partial charge is 0.396 e. The number of nitrogens with two attached hydrogens (primary N) is 1. The lowest BCUT2D eigenvalue weighted by molar-refractivity contribution is -0.160. The van der Waals surface area contributed by atoms with Crippen LogP contribution in [0.1, 0.15) is 31.7 Å². The van der Waals surface area contributed by atoms with Gasteiger partial charge in [0, 0.05) is 20.0 Å². The fourth-order valence-electron chi connectivity index (χ4n) is 2.23. The zero-order valence-corrected chi connectivity index (χ0v) is 14.4. The van der Waals surface area contributed by atoms with Gasteiger partial charge in [0.25, 0.3) is 0 Å². The number of halogens is 4. The molecule has 0 fully saturated rings. The van der Waals surface area contributed by atoms with Crippen molar-refractivity contribution in [3.8, 4) is 0 Å². The fraction of sp³-hybridized carbons (Fsp3) is 0.562. The van der Waals surface area contributed by atoms with Crippen molar-refractivity contribution in [3.63, 3.8) is 0 Å². The topological polar surface area (TPSA) is 46.3 Å². The molecule has 1 rings (SSSR count). The van der Waals surface area contributed by atoms with Gasteiger partial charge >= 0.3 is 6.18 Å². The van der Waals surface area contributed by atoms with Crippen LogP contribution in [0, 0.1) is 5.41 Å². The maximum Gasteiger partial charge on any atom is 0.396 e. The summed E-state index contributed by atoms with van der Waals surface area (Å²) in [7, 11) is 1.51. The second kappa shape index (κ2) is 8.55. The third-order valence-corrected chi connectivity index (χ3v) is 3.62. The monoisotopic (exact) mass is 352 g/mol. The maximum absolute atomic E-state index is 13.2. The van der Waals surface area contributed by atoms with Gasteiger partial charge in [0.05, 0.1) is 5.92 Å². The van der Waals surface area contributed by atoms with Gasteiger partial charge in [-0.3, -0.25) is 4.79 Å². The van der Waals surface area contributed by atoms with Crippen molar-refractivity contribution < 1.29 is 18.0 Å². The van der Waals surface area contributed by atoms with E-state index < -0.39 is 24.4 Å². The Labute approximate surface area is 141 Å². The summed E-state index contributed by atoms with van der Waals surface area (Å²) in [4.78, 5) is 13.5. The van der Waals surface area contributed by atoms with Gasteiger partial charge in [0.2, 0.25) is 5.91 Å². The van der Waals surface area contributed by atoms with Crippen LogP contribution in [0.15, 0.2) is 30.3 Å². The van der Waals surface area contributed by atoms with Gasteiger partial charge < -0.3 is 10.6 Å². The molecule has 0 saturated heterocycles. The van der Waals surface area contributed by atoms with E-state index in [4.69, 9.17) is 5.73 Å². The van der Waals surface area contributed by atoms with Gasteiger partial charge in [0.1, 0.15) is 0 Å². The summed E-state index contributed by atoms with van der Waals surface area (Å²) >= 11 is 0. The number of nitrogens with zero attached hydrogens (tertiary/aromatic N) is 1. The highest BCUT2D eigenvalue weighted by Crippen LogP contribution is 2.37. The van der Waals surface area contributed by atoms with Gasteiger partial charge in [-0.25, -0.2) is 0 Å². The minimum absolute atomic E-state index is 0. The number of alkyl halides is 3. The Morgan fingerprint density at radius 1 is 1.22 bits per heavy atom. The van der Waals surface area contributed by atoms with Crippen LogP contribution < -0.4 is 5.73 Å². The first kappa shape index (κ1) is 21.7. The highest BCUT2D eigenvalue weighted by atomic mass is 35.5. The highest BCUT2D eigenvalue weighted by Gasteiger charge is 2.42. The molecule has 0 aromatic heterocycles. The molecule has 0 aliphatic heterocycles. The second-order valence-electron chi connectivity index (χ2n) is 6.33. The SMILES string of the molecule is CN(CC(C)(C)CN)C(=O)CC(c1ccccc1)C(F)(F)F.Cl. The Morgan fingerprint density at radius 3 is 2.17 bits per heavy atom. The first-order chi connectivity index (χ1) is 10.1. The standard InChI is InChI=1S/C16H23F3N2O.ClH/c1-15(2,10-20)11-21(3)14(22)9-13(16(17,18)19)12-7-5-4-6-8-12;/h4-8,13H,9-11,20H2,1-3H3;1H. The van der Waals surface area contributed by atoms with Gasteiger partial charge in [-0.1, -0.05) is 44.2 Å².